The molecule has 2 atom stereocenters. The van der Waals surface area contributed by atoms with E-state index in [1.165, 1.54) is 12.1 Å². The smallest absolute Gasteiger partial charge is 0.234 e. The van der Waals surface area contributed by atoms with E-state index in [0.29, 0.717) is 6.54 Å². The number of nitrogens with one attached hydrogen (secondary N) is 2. The van der Waals surface area contributed by atoms with Gasteiger partial charge in [0.1, 0.15) is 11.6 Å². The molecule has 7 heteroatoms. The summed E-state index contributed by atoms with van der Waals surface area (Å²) in [5.41, 5.74) is 0.267. The standard InChI is InChI=1S/C15H20F2N2O2.ClH/c1-10(13-5-4-11(16)7-14(13)17)19-15(20)9-18-8-12-3-2-6-21-12;/h4-5,7,10,12,18H,2-3,6,8-9H2,1H3,(H,19,20);1H. The maximum Gasteiger partial charge on any atom is 0.234 e. The average molecular weight is 335 g/mol. The van der Waals surface area contributed by atoms with Gasteiger partial charge in [-0.2, -0.15) is 0 Å². The van der Waals surface area contributed by atoms with Gasteiger partial charge in [-0.25, -0.2) is 8.78 Å². The Morgan fingerprint density at radius 1 is 1.45 bits per heavy atom. The molecule has 124 valence electrons. The van der Waals surface area contributed by atoms with Gasteiger partial charge in [0, 0.05) is 24.8 Å². The number of rotatable bonds is 6. The van der Waals surface area contributed by atoms with Gasteiger partial charge < -0.3 is 15.4 Å². The second kappa shape index (κ2) is 9.02. The highest BCUT2D eigenvalue weighted by Crippen LogP contribution is 2.17. The van der Waals surface area contributed by atoms with Crippen LogP contribution < -0.4 is 10.6 Å². The molecule has 0 aliphatic carbocycles. The average Bonchev–Trinajstić information content (AvgIpc) is 2.91. The van der Waals surface area contributed by atoms with E-state index in [1.807, 2.05) is 0 Å². The molecular formula is C15H21ClF2N2O2. The zero-order valence-electron chi connectivity index (χ0n) is 12.4. The highest BCUT2D eigenvalue weighted by molar-refractivity contribution is 5.85. The van der Waals surface area contributed by atoms with Crippen molar-refractivity contribution in [1.82, 2.24) is 10.6 Å². The van der Waals surface area contributed by atoms with Crippen LogP contribution in [0.2, 0.25) is 0 Å². The van der Waals surface area contributed by atoms with Gasteiger partial charge in [-0.1, -0.05) is 6.07 Å². The molecule has 0 aromatic heterocycles. The third kappa shape index (κ3) is 5.51. The first-order chi connectivity index (χ1) is 10.1. The molecule has 22 heavy (non-hydrogen) atoms. The predicted molar refractivity (Wildman–Crippen MR) is 82.0 cm³/mol. The molecule has 1 aromatic carbocycles. The topological polar surface area (TPSA) is 50.4 Å². The van der Waals surface area contributed by atoms with E-state index in [0.717, 1.165) is 25.5 Å². The van der Waals surface area contributed by atoms with Crippen LogP contribution in [0.5, 0.6) is 0 Å². The lowest BCUT2D eigenvalue weighted by atomic mass is 10.1. The lowest BCUT2D eigenvalue weighted by molar-refractivity contribution is -0.120. The Labute approximate surface area is 135 Å². The molecule has 2 N–H and O–H groups in total. The Bertz CT molecular complexity index is 496. The molecule has 2 unspecified atom stereocenters. The predicted octanol–water partition coefficient (Wildman–Crippen LogP) is 2.33. The molecule has 2 rings (SSSR count). The molecule has 1 amide bonds. The van der Waals surface area contributed by atoms with Crippen LogP contribution in [0.25, 0.3) is 0 Å². The zero-order chi connectivity index (χ0) is 15.2. The van der Waals surface area contributed by atoms with Crippen LogP contribution in [0.15, 0.2) is 18.2 Å². The SMILES string of the molecule is CC(NC(=O)CNCC1CCCO1)c1ccc(F)cc1F.Cl. The molecule has 0 radical (unpaired) electrons. The van der Waals surface area contributed by atoms with E-state index in [1.54, 1.807) is 6.92 Å². The minimum Gasteiger partial charge on any atom is -0.377 e. The van der Waals surface area contributed by atoms with Crippen molar-refractivity contribution in [2.24, 2.45) is 0 Å². The van der Waals surface area contributed by atoms with Gasteiger partial charge in [-0.3, -0.25) is 4.79 Å². The van der Waals surface area contributed by atoms with Crippen molar-refractivity contribution < 1.29 is 18.3 Å². The van der Waals surface area contributed by atoms with Gasteiger partial charge in [0.15, 0.2) is 0 Å². The molecule has 0 bridgehead atoms. The number of hydrogen-bond acceptors (Lipinski definition) is 3. The summed E-state index contributed by atoms with van der Waals surface area (Å²) in [5, 5.41) is 5.69. The van der Waals surface area contributed by atoms with Crippen LogP contribution in [0.1, 0.15) is 31.4 Å². The summed E-state index contributed by atoms with van der Waals surface area (Å²) in [6, 6.07) is 2.82. The summed E-state index contributed by atoms with van der Waals surface area (Å²) >= 11 is 0. The molecule has 1 heterocycles. The highest BCUT2D eigenvalue weighted by atomic mass is 35.5. The van der Waals surface area contributed by atoms with E-state index >= 15 is 0 Å². The molecule has 1 saturated heterocycles. The van der Waals surface area contributed by atoms with Gasteiger partial charge in [-0.15, -0.1) is 12.4 Å². The number of hydrogen-bond donors (Lipinski definition) is 2. The Morgan fingerprint density at radius 3 is 2.86 bits per heavy atom. The lowest BCUT2D eigenvalue weighted by Gasteiger charge is -2.16. The second-order valence-corrected chi connectivity index (χ2v) is 5.22. The third-order valence-electron chi connectivity index (χ3n) is 3.49. The van der Waals surface area contributed by atoms with Crippen molar-refractivity contribution in [3.63, 3.8) is 0 Å². The van der Waals surface area contributed by atoms with Crippen LogP contribution >= 0.6 is 12.4 Å². The van der Waals surface area contributed by atoms with Gasteiger partial charge in [0.05, 0.1) is 18.7 Å². The van der Waals surface area contributed by atoms with E-state index < -0.39 is 17.7 Å². The molecule has 1 aliphatic rings. The summed E-state index contributed by atoms with van der Waals surface area (Å²) in [6.07, 6.45) is 2.23. The van der Waals surface area contributed by atoms with Gasteiger partial charge >= 0.3 is 0 Å². The number of carbonyl (C=O) groups excluding carboxylic acids is 1. The van der Waals surface area contributed by atoms with E-state index in [-0.39, 0.29) is 36.5 Å². The molecule has 1 aromatic rings. The summed E-state index contributed by atoms with van der Waals surface area (Å²) in [7, 11) is 0. The Morgan fingerprint density at radius 2 is 2.23 bits per heavy atom. The van der Waals surface area contributed by atoms with Crippen LogP contribution in [0, 0.1) is 11.6 Å². The van der Waals surface area contributed by atoms with E-state index in [9.17, 15) is 13.6 Å². The molecule has 1 aliphatic heterocycles. The van der Waals surface area contributed by atoms with Crippen molar-refractivity contribution in [2.45, 2.75) is 31.9 Å². The normalized spacial score (nSPS) is 18.6. The largest absolute Gasteiger partial charge is 0.377 e. The lowest BCUT2D eigenvalue weighted by Crippen LogP contribution is -2.38. The fourth-order valence-corrected chi connectivity index (χ4v) is 2.37. The van der Waals surface area contributed by atoms with Crippen LogP contribution in [-0.4, -0.2) is 31.7 Å². The summed E-state index contributed by atoms with van der Waals surface area (Å²) in [5.74, 6) is -1.52. The Hall–Kier alpha value is -1.24. The van der Waals surface area contributed by atoms with E-state index in [4.69, 9.17) is 4.74 Å². The van der Waals surface area contributed by atoms with Crippen molar-refractivity contribution in [2.75, 3.05) is 19.7 Å². The number of ether oxygens (including phenoxy) is 1. The summed E-state index contributed by atoms with van der Waals surface area (Å²) in [4.78, 5) is 11.8. The summed E-state index contributed by atoms with van der Waals surface area (Å²) < 4.78 is 31.9. The maximum atomic E-state index is 13.6. The van der Waals surface area contributed by atoms with Gasteiger partial charge in [-0.05, 0) is 25.8 Å². The fraction of sp³-hybridized carbons (Fsp3) is 0.533. The zero-order valence-corrected chi connectivity index (χ0v) is 13.2. The third-order valence-corrected chi connectivity index (χ3v) is 3.49. The maximum absolute atomic E-state index is 13.6. The monoisotopic (exact) mass is 334 g/mol. The van der Waals surface area contributed by atoms with Gasteiger partial charge in [0.2, 0.25) is 5.91 Å². The first kappa shape index (κ1) is 18.8. The van der Waals surface area contributed by atoms with Gasteiger partial charge in [0.25, 0.3) is 0 Å². The van der Waals surface area contributed by atoms with Crippen molar-refractivity contribution in [1.29, 1.82) is 0 Å². The van der Waals surface area contributed by atoms with E-state index in [2.05, 4.69) is 10.6 Å². The van der Waals surface area contributed by atoms with Crippen molar-refractivity contribution in [3.8, 4) is 0 Å². The molecule has 0 spiro atoms. The highest BCUT2D eigenvalue weighted by Gasteiger charge is 2.17. The minimum atomic E-state index is -0.657. The van der Waals surface area contributed by atoms with Crippen molar-refractivity contribution in [3.05, 3.63) is 35.4 Å². The minimum absolute atomic E-state index is 0. The molecule has 0 saturated carbocycles. The first-order valence-electron chi connectivity index (χ1n) is 7.13. The fourth-order valence-electron chi connectivity index (χ4n) is 2.37. The number of benzene rings is 1. The first-order valence-corrected chi connectivity index (χ1v) is 7.13. The molecular weight excluding hydrogens is 314 g/mol. The number of carbonyl (C=O) groups is 1. The van der Waals surface area contributed by atoms with Crippen LogP contribution in [0.4, 0.5) is 8.78 Å². The quantitative estimate of drug-likeness (QED) is 0.839. The van der Waals surface area contributed by atoms with Crippen LogP contribution in [-0.2, 0) is 9.53 Å². The molecule has 4 nitrogen and oxygen atoms in total. The number of halogens is 3. The number of amides is 1. The Kier molecular flexibility index (Phi) is 7.72. The summed E-state index contributed by atoms with van der Waals surface area (Å²) in [6.45, 7) is 3.22. The second-order valence-electron chi connectivity index (χ2n) is 5.22. The van der Waals surface area contributed by atoms with Crippen molar-refractivity contribution >= 4 is 18.3 Å². The Balaban J connectivity index is 0.00000242. The van der Waals surface area contributed by atoms with Crippen LogP contribution in [0.3, 0.4) is 0 Å². The molecule has 1 fully saturated rings.